The van der Waals surface area contributed by atoms with Crippen molar-refractivity contribution in [3.8, 4) is 17.2 Å². The zero-order chi connectivity index (χ0) is 31.5. The lowest BCUT2D eigenvalue weighted by atomic mass is 9.99. The molecule has 1 fully saturated rings. The SMILES string of the molecule is COc1ccc(CC2NC(=O)CC(C)C(=O)NCCCCC(C(N)=O)N(Cc3ccc(Oc4ccccc4)cc3)C2=O)cc1. The molecule has 3 aromatic carbocycles. The Morgan fingerprint density at radius 3 is 2.18 bits per heavy atom. The average molecular weight is 601 g/mol. The van der Waals surface area contributed by atoms with Crippen molar-refractivity contribution >= 4 is 23.6 Å². The van der Waals surface area contributed by atoms with Crippen LogP contribution < -0.4 is 25.8 Å². The predicted octanol–water partition coefficient (Wildman–Crippen LogP) is 3.72. The highest BCUT2D eigenvalue weighted by molar-refractivity contribution is 5.93. The number of rotatable bonds is 8. The maximum Gasteiger partial charge on any atom is 0.246 e. The molecule has 1 heterocycles. The van der Waals surface area contributed by atoms with Crippen molar-refractivity contribution in [1.29, 1.82) is 0 Å². The van der Waals surface area contributed by atoms with Gasteiger partial charge in [0.05, 0.1) is 7.11 Å². The van der Waals surface area contributed by atoms with E-state index in [1.54, 1.807) is 38.3 Å². The van der Waals surface area contributed by atoms with Gasteiger partial charge in [0.25, 0.3) is 0 Å². The van der Waals surface area contributed by atoms with Gasteiger partial charge in [0.15, 0.2) is 0 Å². The molecule has 3 unspecified atom stereocenters. The normalized spacial score (nSPS) is 20.2. The van der Waals surface area contributed by atoms with E-state index in [2.05, 4.69) is 10.6 Å². The Balaban J connectivity index is 1.64. The summed E-state index contributed by atoms with van der Waals surface area (Å²) in [5.74, 6) is -0.331. The summed E-state index contributed by atoms with van der Waals surface area (Å²) >= 11 is 0. The van der Waals surface area contributed by atoms with Crippen LogP contribution in [-0.2, 0) is 32.1 Å². The van der Waals surface area contributed by atoms with Crippen LogP contribution in [-0.4, -0.2) is 54.3 Å². The summed E-state index contributed by atoms with van der Waals surface area (Å²) in [5.41, 5.74) is 7.45. The van der Waals surface area contributed by atoms with Crippen LogP contribution in [0, 0.1) is 5.92 Å². The lowest BCUT2D eigenvalue weighted by molar-refractivity contribution is -0.143. The molecule has 10 heteroatoms. The molecule has 1 aliphatic heterocycles. The molecule has 0 aromatic heterocycles. The van der Waals surface area contributed by atoms with Gasteiger partial charge >= 0.3 is 0 Å². The highest BCUT2D eigenvalue weighted by Gasteiger charge is 2.34. The molecular weight excluding hydrogens is 560 g/mol. The van der Waals surface area contributed by atoms with E-state index in [1.165, 1.54) is 4.90 Å². The average Bonchev–Trinajstić information content (AvgIpc) is 3.02. The molecule has 1 aliphatic rings. The smallest absolute Gasteiger partial charge is 0.246 e. The van der Waals surface area contributed by atoms with E-state index in [0.717, 1.165) is 11.1 Å². The first kappa shape index (κ1) is 32.1. The van der Waals surface area contributed by atoms with Gasteiger partial charge in [0.1, 0.15) is 29.3 Å². The monoisotopic (exact) mass is 600 g/mol. The number of amides is 4. The van der Waals surface area contributed by atoms with E-state index in [1.807, 2.05) is 54.6 Å². The van der Waals surface area contributed by atoms with Crippen LogP contribution in [0.25, 0.3) is 0 Å². The fourth-order valence-corrected chi connectivity index (χ4v) is 5.15. The summed E-state index contributed by atoms with van der Waals surface area (Å²) in [6.07, 6.45) is 1.55. The van der Waals surface area contributed by atoms with Crippen LogP contribution in [0.1, 0.15) is 43.7 Å². The van der Waals surface area contributed by atoms with E-state index >= 15 is 0 Å². The van der Waals surface area contributed by atoms with Gasteiger partial charge in [0.2, 0.25) is 23.6 Å². The Morgan fingerprint density at radius 1 is 0.886 bits per heavy atom. The molecule has 44 heavy (non-hydrogen) atoms. The van der Waals surface area contributed by atoms with Gasteiger partial charge < -0.3 is 30.7 Å². The molecule has 10 nitrogen and oxygen atoms in total. The zero-order valence-electron chi connectivity index (χ0n) is 25.2. The first-order valence-electron chi connectivity index (χ1n) is 14.8. The Bertz CT molecular complexity index is 1410. The Kier molecular flexibility index (Phi) is 11.3. The minimum Gasteiger partial charge on any atom is -0.497 e. The van der Waals surface area contributed by atoms with Crippen molar-refractivity contribution in [2.75, 3.05) is 13.7 Å². The van der Waals surface area contributed by atoms with Crippen LogP contribution in [0.2, 0.25) is 0 Å². The number of methoxy groups -OCH3 is 1. The summed E-state index contributed by atoms with van der Waals surface area (Å²) in [7, 11) is 1.57. The fraction of sp³-hybridized carbons (Fsp3) is 0.353. The van der Waals surface area contributed by atoms with Gasteiger partial charge in [-0.2, -0.15) is 0 Å². The van der Waals surface area contributed by atoms with Gasteiger partial charge in [0, 0.05) is 31.8 Å². The molecule has 0 aliphatic carbocycles. The molecule has 4 N–H and O–H groups in total. The summed E-state index contributed by atoms with van der Waals surface area (Å²) in [4.78, 5) is 54.3. The second kappa shape index (κ2) is 15.6. The molecule has 0 spiro atoms. The first-order chi connectivity index (χ1) is 21.2. The van der Waals surface area contributed by atoms with Crippen molar-refractivity contribution in [3.63, 3.8) is 0 Å². The zero-order valence-corrected chi connectivity index (χ0v) is 25.2. The number of nitrogens with zero attached hydrogens (tertiary/aromatic N) is 1. The Morgan fingerprint density at radius 2 is 1.52 bits per heavy atom. The highest BCUT2D eigenvalue weighted by atomic mass is 16.5. The van der Waals surface area contributed by atoms with Crippen molar-refractivity contribution in [2.45, 2.75) is 57.7 Å². The number of hydrogen-bond donors (Lipinski definition) is 3. The molecule has 0 saturated carbocycles. The van der Waals surface area contributed by atoms with Gasteiger partial charge in [-0.05, 0) is 66.8 Å². The first-order valence-corrected chi connectivity index (χ1v) is 14.8. The summed E-state index contributed by atoms with van der Waals surface area (Å²) < 4.78 is 11.2. The number of para-hydroxylation sites is 1. The Hall–Kier alpha value is -4.86. The molecular formula is C34H40N4O6. The minimum atomic E-state index is -1.00. The summed E-state index contributed by atoms with van der Waals surface area (Å²) in [5, 5.41) is 5.70. The van der Waals surface area contributed by atoms with Crippen LogP contribution in [0.15, 0.2) is 78.9 Å². The molecule has 1 saturated heterocycles. The van der Waals surface area contributed by atoms with E-state index < -0.39 is 35.7 Å². The van der Waals surface area contributed by atoms with E-state index in [-0.39, 0.29) is 25.3 Å². The second-order valence-electron chi connectivity index (χ2n) is 11.0. The molecule has 0 radical (unpaired) electrons. The van der Waals surface area contributed by atoms with Crippen molar-refractivity contribution in [1.82, 2.24) is 15.5 Å². The van der Waals surface area contributed by atoms with Gasteiger partial charge in [-0.3, -0.25) is 19.2 Å². The molecule has 4 rings (SSSR count). The van der Waals surface area contributed by atoms with Gasteiger partial charge in [-0.1, -0.05) is 49.4 Å². The number of nitrogens with two attached hydrogens (primary N) is 1. The van der Waals surface area contributed by atoms with Crippen molar-refractivity contribution in [3.05, 3.63) is 90.0 Å². The topological polar surface area (TPSA) is 140 Å². The number of primary amides is 1. The third-order valence-corrected chi connectivity index (χ3v) is 7.62. The number of carbonyl (C=O) groups is 4. The van der Waals surface area contributed by atoms with Gasteiger partial charge in [-0.15, -0.1) is 0 Å². The third-order valence-electron chi connectivity index (χ3n) is 7.62. The maximum atomic E-state index is 14.3. The molecule has 232 valence electrons. The lowest BCUT2D eigenvalue weighted by Crippen LogP contribution is -2.55. The summed E-state index contributed by atoms with van der Waals surface area (Å²) in [6, 6.07) is 21.9. The second-order valence-corrected chi connectivity index (χ2v) is 11.0. The fourth-order valence-electron chi connectivity index (χ4n) is 5.15. The number of ether oxygens (including phenoxy) is 2. The maximum absolute atomic E-state index is 14.3. The standard InChI is InChI=1S/C34H40N4O6/c1-23-20-31(39)37-29(21-24-11-15-26(43-2)16-12-24)34(42)38(30(32(35)40)10-6-7-19-36-33(23)41)22-25-13-17-28(18-14-25)44-27-8-4-3-5-9-27/h3-5,8-9,11-18,23,29-30H,6-7,10,19-22H2,1-2H3,(H2,35,40)(H,36,41)(H,37,39). The predicted molar refractivity (Wildman–Crippen MR) is 166 cm³/mol. The molecule has 3 aromatic rings. The largest absolute Gasteiger partial charge is 0.497 e. The minimum absolute atomic E-state index is 0.0830. The lowest BCUT2D eigenvalue weighted by Gasteiger charge is -2.34. The van der Waals surface area contributed by atoms with E-state index in [9.17, 15) is 19.2 Å². The molecule has 3 atom stereocenters. The quantitative estimate of drug-likeness (QED) is 0.360. The van der Waals surface area contributed by atoms with E-state index in [4.69, 9.17) is 15.2 Å². The molecule has 4 amide bonds. The number of hydrogen-bond acceptors (Lipinski definition) is 6. The van der Waals surface area contributed by atoms with Crippen molar-refractivity contribution in [2.24, 2.45) is 11.7 Å². The van der Waals surface area contributed by atoms with Crippen LogP contribution in [0.3, 0.4) is 0 Å². The third kappa shape index (κ3) is 9.07. The van der Waals surface area contributed by atoms with Crippen LogP contribution >= 0.6 is 0 Å². The Labute approximate surface area is 257 Å². The summed E-state index contributed by atoms with van der Waals surface area (Å²) in [6.45, 7) is 2.18. The highest BCUT2D eigenvalue weighted by Crippen LogP contribution is 2.24. The van der Waals surface area contributed by atoms with Crippen LogP contribution in [0.4, 0.5) is 0 Å². The number of nitrogens with one attached hydrogen (secondary N) is 2. The van der Waals surface area contributed by atoms with Crippen LogP contribution in [0.5, 0.6) is 17.2 Å². The van der Waals surface area contributed by atoms with E-state index in [0.29, 0.717) is 43.1 Å². The number of benzene rings is 3. The molecule has 0 bridgehead atoms. The number of carbonyl (C=O) groups excluding carboxylic acids is 4. The van der Waals surface area contributed by atoms with Crippen molar-refractivity contribution < 1.29 is 28.7 Å². The van der Waals surface area contributed by atoms with Gasteiger partial charge in [-0.25, -0.2) is 0 Å².